The second-order valence-corrected chi connectivity index (χ2v) is 8.74. The maximum atomic E-state index is 15.1. The summed E-state index contributed by atoms with van der Waals surface area (Å²) in [4.78, 5) is 17.3. The van der Waals surface area contributed by atoms with Crippen molar-refractivity contribution in [2.24, 2.45) is 12.0 Å². The Labute approximate surface area is 191 Å². The summed E-state index contributed by atoms with van der Waals surface area (Å²) < 4.78 is 54.1. The number of pyridine rings is 1. The third-order valence-electron chi connectivity index (χ3n) is 5.78. The lowest BCUT2D eigenvalue weighted by Crippen LogP contribution is -2.18. The van der Waals surface area contributed by atoms with Crippen LogP contribution in [0.2, 0.25) is 0 Å². The molecule has 9 heteroatoms. The largest absolute Gasteiger partial charge is 0.318 e. The van der Waals surface area contributed by atoms with Gasteiger partial charge in [0.2, 0.25) is 10.9 Å². The van der Waals surface area contributed by atoms with E-state index in [1.807, 2.05) is 6.92 Å². The van der Waals surface area contributed by atoms with E-state index >= 15 is 4.39 Å². The van der Waals surface area contributed by atoms with Gasteiger partial charge >= 0.3 is 0 Å². The Morgan fingerprint density at radius 3 is 2.45 bits per heavy atom. The Morgan fingerprint density at radius 2 is 1.79 bits per heavy atom. The molecule has 0 bridgehead atoms. The van der Waals surface area contributed by atoms with Crippen molar-refractivity contribution in [3.8, 4) is 11.1 Å². The summed E-state index contributed by atoms with van der Waals surface area (Å²) in [6, 6.07) is 10.1. The zero-order valence-electron chi connectivity index (χ0n) is 18.1. The third-order valence-corrected chi connectivity index (χ3v) is 6.26. The highest BCUT2D eigenvalue weighted by Gasteiger charge is 2.26. The number of thiol groups is 1. The molecule has 0 aliphatic carbocycles. The highest BCUT2D eigenvalue weighted by atomic mass is 32.2. The van der Waals surface area contributed by atoms with Crippen molar-refractivity contribution < 1.29 is 17.2 Å². The van der Waals surface area contributed by atoms with E-state index in [0.717, 1.165) is 11.1 Å². The standard InChI is InChI=1S/C24H23F2N3O3S/c1-3-22-18-12-23(30)29(2)13-20(18)17-10-15(8-9-27-33(31)32)21(26)11-19(17)24(28-22)14-4-6-16(25)7-5-14/h4-7,10-13,22,33H,3,8-9H2,1-2H3,(H,27,31,32)/t22-/m0/s1. The van der Waals surface area contributed by atoms with Crippen LogP contribution in [0.5, 0.6) is 0 Å². The first kappa shape index (κ1) is 23.0. The van der Waals surface area contributed by atoms with Crippen molar-refractivity contribution in [2.75, 3.05) is 6.54 Å². The van der Waals surface area contributed by atoms with E-state index in [1.165, 1.54) is 22.8 Å². The van der Waals surface area contributed by atoms with Crippen LogP contribution in [-0.4, -0.2) is 25.2 Å². The predicted molar refractivity (Wildman–Crippen MR) is 124 cm³/mol. The number of rotatable bonds is 6. The number of aliphatic imine (C=N–C) groups is 1. The summed E-state index contributed by atoms with van der Waals surface area (Å²) in [6.45, 7) is 2.01. The molecular weight excluding hydrogens is 448 g/mol. The minimum Gasteiger partial charge on any atom is -0.318 e. The van der Waals surface area contributed by atoms with Crippen LogP contribution < -0.4 is 10.3 Å². The van der Waals surface area contributed by atoms with Gasteiger partial charge in [-0.05, 0) is 65.9 Å². The lowest BCUT2D eigenvalue weighted by atomic mass is 9.89. The number of hydrogen-bond acceptors (Lipinski definition) is 4. The molecule has 1 aromatic heterocycles. The SMILES string of the molecule is CC[C@@H]1N=C(c2ccc(F)cc2)c2cc(F)c(CCN[SH](=O)=O)cc2-c2cn(C)c(=O)cc21. The Morgan fingerprint density at radius 1 is 1.06 bits per heavy atom. The molecule has 0 amide bonds. The molecule has 2 aromatic carbocycles. The summed E-state index contributed by atoms with van der Waals surface area (Å²) in [6.07, 6.45) is 2.48. The second-order valence-electron chi connectivity index (χ2n) is 7.90. The normalized spacial score (nSPS) is 15.1. The van der Waals surface area contributed by atoms with Gasteiger partial charge in [-0.3, -0.25) is 9.79 Å². The molecule has 3 aromatic rings. The predicted octanol–water partition coefficient (Wildman–Crippen LogP) is 3.29. The molecule has 4 rings (SSSR count). The summed E-state index contributed by atoms with van der Waals surface area (Å²) in [5.74, 6) is -0.884. The number of nitrogens with one attached hydrogen (secondary N) is 1. The van der Waals surface area contributed by atoms with Gasteiger partial charge in [-0.1, -0.05) is 6.92 Å². The van der Waals surface area contributed by atoms with Gasteiger partial charge in [-0.2, -0.15) is 0 Å². The van der Waals surface area contributed by atoms with Crippen LogP contribution in [0.25, 0.3) is 11.1 Å². The van der Waals surface area contributed by atoms with Crippen LogP contribution in [0.1, 0.15) is 41.6 Å². The van der Waals surface area contributed by atoms with Gasteiger partial charge in [-0.15, -0.1) is 0 Å². The molecule has 2 heterocycles. The van der Waals surface area contributed by atoms with Crippen LogP contribution in [0.15, 0.2) is 58.4 Å². The molecule has 172 valence electrons. The zero-order valence-corrected chi connectivity index (χ0v) is 19.0. The average Bonchev–Trinajstić information content (AvgIpc) is 2.89. The molecule has 0 radical (unpaired) electrons. The minimum atomic E-state index is -2.78. The number of aromatic nitrogens is 1. The van der Waals surface area contributed by atoms with Gasteiger partial charge in [0, 0.05) is 42.5 Å². The Hall–Kier alpha value is -3.17. The van der Waals surface area contributed by atoms with Crippen LogP contribution in [0.3, 0.4) is 0 Å². The van der Waals surface area contributed by atoms with Crippen molar-refractivity contribution in [3.63, 3.8) is 0 Å². The van der Waals surface area contributed by atoms with Crippen molar-refractivity contribution in [1.82, 2.24) is 9.29 Å². The second kappa shape index (κ2) is 9.36. The molecule has 0 saturated heterocycles. The van der Waals surface area contributed by atoms with E-state index in [-0.39, 0.29) is 24.6 Å². The van der Waals surface area contributed by atoms with Gasteiger partial charge < -0.3 is 4.57 Å². The summed E-state index contributed by atoms with van der Waals surface area (Å²) in [5, 5.41) is 0. The molecule has 0 fully saturated rings. The van der Waals surface area contributed by atoms with E-state index in [1.54, 1.807) is 37.5 Å². The monoisotopic (exact) mass is 471 g/mol. The van der Waals surface area contributed by atoms with Crippen LogP contribution in [0, 0.1) is 11.6 Å². The van der Waals surface area contributed by atoms with E-state index in [9.17, 15) is 17.6 Å². The number of nitrogens with zero attached hydrogens (tertiary/aromatic N) is 2. The van der Waals surface area contributed by atoms with Gasteiger partial charge in [-0.25, -0.2) is 21.9 Å². The first-order valence-electron chi connectivity index (χ1n) is 10.5. The van der Waals surface area contributed by atoms with Crippen LogP contribution in [0.4, 0.5) is 8.78 Å². The minimum absolute atomic E-state index is 0.0606. The summed E-state index contributed by atoms with van der Waals surface area (Å²) in [7, 11) is -1.13. The summed E-state index contributed by atoms with van der Waals surface area (Å²) >= 11 is 0. The maximum absolute atomic E-state index is 15.1. The van der Waals surface area contributed by atoms with Crippen molar-refractivity contribution in [2.45, 2.75) is 25.8 Å². The zero-order chi connectivity index (χ0) is 23.7. The Kier molecular flexibility index (Phi) is 6.53. The topological polar surface area (TPSA) is 80.5 Å². The van der Waals surface area contributed by atoms with Crippen molar-refractivity contribution >= 4 is 16.6 Å². The smallest absolute Gasteiger partial charge is 0.250 e. The lowest BCUT2D eigenvalue weighted by molar-refractivity contribution is 0.593. The van der Waals surface area contributed by atoms with Gasteiger partial charge in [0.25, 0.3) is 5.56 Å². The molecule has 6 nitrogen and oxygen atoms in total. The molecule has 1 aliphatic rings. The van der Waals surface area contributed by atoms with E-state index in [0.29, 0.717) is 34.4 Å². The molecule has 1 aliphatic heterocycles. The molecular formula is C24H23F2N3O3S. The number of benzene rings is 2. The van der Waals surface area contributed by atoms with Gasteiger partial charge in [0.1, 0.15) is 11.6 Å². The number of aryl methyl sites for hydroxylation is 1. The molecule has 33 heavy (non-hydrogen) atoms. The quantitative estimate of drug-likeness (QED) is 0.542. The highest BCUT2D eigenvalue weighted by Crippen LogP contribution is 2.39. The first-order valence-corrected chi connectivity index (χ1v) is 11.7. The van der Waals surface area contributed by atoms with Crippen molar-refractivity contribution in [3.05, 3.63) is 92.9 Å². The fraction of sp³-hybridized carbons (Fsp3) is 0.250. The Balaban J connectivity index is 1.98. The Bertz CT molecular complexity index is 1370. The van der Waals surface area contributed by atoms with Crippen molar-refractivity contribution in [1.29, 1.82) is 0 Å². The number of fused-ring (bicyclic) bond motifs is 3. The molecule has 0 spiro atoms. The molecule has 0 unspecified atom stereocenters. The highest BCUT2D eigenvalue weighted by molar-refractivity contribution is 7.70. The maximum Gasteiger partial charge on any atom is 0.250 e. The van der Waals surface area contributed by atoms with Gasteiger partial charge in [0.15, 0.2) is 0 Å². The fourth-order valence-electron chi connectivity index (χ4n) is 4.10. The molecule has 1 N–H and O–H groups in total. The third kappa shape index (κ3) is 4.65. The lowest BCUT2D eigenvalue weighted by Gasteiger charge is -2.16. The van der Waals surface area contributed by atoms with E-state index in [4.69, 9.17) is 4.99 Å². The number of halogens is 2. The van der Waals surface area contributed by atoms with Crippen LogP contribution in [-0.2, 0) is 24.4 Å². The fourth-order valence-corrected chi connectivity index (χ4v) is 4.39. The van der Waals surface area contributed by atoms with E-state index in [2.05, 4.69) is 4.72 Å². The number of hydrogen-bond donors (Lipinski definition) is 2. The van der Waals surface area contributed by atoms with Gasteiger partial charge in [0.05, 0.1) is 11.8 Å². The van der Waals surface area contributed by atoms with Crippen LogP contribution >= 0.6 is 0 Å². The molecule has 0 saturated carbocycles. The molecule has 1 atom stereocenters. The average molecular weight is 472 g/mol. The summed E-state index contributed by atoms with van der Waals surface area (Å²) in [5.41, 5.74) is 4.00. The van der Waals surface area contributed by atoms with E-state index < -0.39 is 22.5 Å². The first-order chi connectivity index (χ1) is 15.8.